The first-order chi connectivity index (χ1) is 15.4. The molecule has 0 heterocycles. The summed E-state index contributed by atoms with van der Waals surface area (Å²) in [7, 11) is 0. The minimum Gasteiger partial charge on any atom is -0.0848 e. The van der Waals surface area contributed by atoms with Crippen molar-refractivity contribution in [2.75, 3.05) is 0 Å². The van der Waals surface area contributed by atoms with Crippen LogP contribution in [0.2, 0.25) is 0 Å². The van der Waals surface area contributed by atoms with Crippen LogP contribution in [0.1, 0.15) is 154 Å². The van der Waals surface area contributed by atoms with Crippen LogP contribution >= 0.6 is 0 Å². The quantitative estimate of drug-likeness (QED) is 0.309. The van der Waals surface area contributed by atoms with Gasteiger partial charge < -0.3 is 0 Å². The van der Waals surface area contributed by atoms with E-state index in [2.05, 4.69) is 101 Å². The second-order valence-electron chi connectivity index (χ2n) is 15.3. The maximum Gasteiger partial charge on any atom is -0.0173 e. The molecule has 0 amide bonds. The van der Waals surface area contributed by atoms with E-state index in [4.69, 9.17) is 0 Å². The minimum atomic E-state index is 0.431. The molecule has 4 rings (SSSR count). The Balaban J connectivity index is 0.000000228. The van der Waals surface area contributed by atoms with Crippen LogP contribution in [0.15, 0.2) is 34.9 Å². The van der Waals surface area contributed by atoms with Gasteiger partial charge >= 0.3 is 0 Å². The van der Waals surface area contributed by atoms with E-state index in [0.717, 1.165) is 5.92 Å². The van der Waals surface area contributed by atoms with Crippen molar-refractivity contribution in [2.24, 2.45) is 27.6 Å². The maximum atomic E-state index is 2.43. The third-order valence-electron chi connectivity index (χ3n) is 7.83. The number of hydrogen-bond donors (Lipinski definition) is 0. The molecule has 0 spiro atoms. The summed E-state index contributed by atoms with van der Waals surface area (Å²) in [5, 5.41) is 0. The van der Waals surface area contributed by atoms with Crippen molar-refractivity contribution in [3.8, 4) is 0 Å². The summed E-state index contributed by atoms with van der Waals surface area (Å²) in [6, 6.07) is 0. The van der Waals surface area contributed by atoms with Crippen molar-refractivity contribution in [3.05, 3.63) is 34.9 Å². The molecule has 0 N–H and O–H groups in total. The van der Waals surface area contributed by atoms with Gasteiger partial charge in [0.1, 0.15) is 0 Å². The molecule has 1 saturated carbocycles. The van der Waals surface area contributed by atoms with E-state index in [0.29, 0.717) is 21.7 Å². The highest BCUT2D eigenvalue weighted by atomic mass is 14.4. The van der Waals surface area contributed by atoms with Crippen molar-refractivity contribution in [1.82, 2.24) is 0 Å². The van der Waals surface area contributed by atoms with Crippen molar-refractivity contribution < 1.29 is 0 Å². The SMILES string of the molecule is CC(C)(C)C1=CCC1.CC(C)(C)C1=CCCC1.CC(C)(C)C1=CCCCC1.CC(C)(C)C1CC1. The van der Waals surface area contributed by atoms with Crippen molar-refractivity contribution in [3.63, 3.8) is 0 Å². The Labute approximate surface area is 216 Å². The smallest absolute Gasteiger partial charge is 0.0173 e. The molecule has 0 aromatic rings. The Morgan fingerprint density at radius 1 is 0.471 bits per heavy atom. The zero-order valence-corrected chi connectivity index (χ0v) is 25.6. The molecular weight excluding hydrogens is 408 g/mol. The number of hydrogen-bond acceptors (Lipinski definition) is 0. The molecule has 0 nitrogen and oxygen atoms in total. The molecule has 34 heavy (non-hydrogen) atoms. The van der Waals surface area contributed by atoms with E-state index in [1.54, 1.807) is 16.7 Å². The van der Waals surface area contributed by atoms with Gasteiger partial charge in [-0.2, -0.15) is 0 Å². The molecule has 0 aromatic carbocycles. The molecule has 198 valence electrons. The Bertz CT molecular complexity index is 678. The Kier molecular flexibility index (Phi) is 11.9. The minimum absolute atomic E-state index is 0.431. The van der Waals surface area contributed by atoms with Crippen LogP contribution in [0.3, 0.4) is 0 Å². The Hall–Kier alpha value is -0.780. The second-order valence-corrected chi connectivity index (χ2v) is 15.3. The van der Waals surface area contributed by atoms with Crippen LogP contribution in [-0.2, 0) is 0 Å². The van der Waals surface area contributed by atoms with Gasteiger partial charge in [0.2, 0.25) is 0 Å². The van der Waals surface area contributed by atoms with Crippen LogP contribution in [0.25, 0.3) is 0 Å². The molecule has 4 aliphatic carbocycles. The zero-order chi connectivity index (χ0) is 26.2. The summed E-state index contributed by atoms with van der Waals surface area (Å²) in [6.07, 6.45) is 22.3. The number of rotatable bonds is 0. The lowest BCUT2D eigenvalue weighted by molar-refractivity contribution is 0.351. The van der Waals surface area contributed by atoms with Gasteiger partial charge in [0.15, 0.2) is 0 Å². The summed E-state index contributed by atoms with van der Waals surface area (Å²) in [4.78, 5) is 0. The fraction of sp³-hybridized carbons (Fsp3) is 0.824. The molecule has 4 aliphatic rings. The Morgan fingerprint density at radius 3 is 1.00 bits per heavy atom. The third-order valence-corrected chi connectivity index (χ3v) is 7.83. The first-order valence-corrected chi connectivity index (χ1v) is 14.5. The molecule has 0 aliphatic heterocycles. The topological polar surface area (TPSA) is 0 Å². The van der Waals surface area contributed by atoms with Gasteiger partial charge in [-0.25, -0.2) is 0 Å². The van der Waals surface area contributed by atoms with Crippen LogP contribution < -0.4 is 0 Å². The highest BCUT2D eigenvalue weighted by molar-refractivity contribution is 5.18. The first kappa shape index (κ1) is 31.3. The van der Waals surface area contributed by atoms with Crippen molar-refractivity contribution in [1.29, 1.82) is 0 Å². The van der Waals surface area contributed by atoms with Gasteiger partial charge in [0.05, 0.1) is 0 Å². The highest BCUT2D eigenvalue weighted by Gasteiger charge is 2.33. The van der Waals surface area contributed by atoms with Crippen LogP contribution in [0, 0.1) is 27.6 Å². The summed E-state index contributed by atoms with van der Waals surface area (Å²) < 4.78 is 0. The highest BCUT2D eigenvalue weighted by Crippen LogP contribution is 2.44. The average Bonchev–Trinajstić information content (AvgIpc) is 3.35. The lowest BCUT2D eigenvalue weighted by Gasteiger charge is -2.28. The first-order valence-electron chi connectivity index (χ1n) is 14.5. The number of allylic oxidation sites excluding steroid dienone is 6. The fourth-order valence-corrected chi connectivity index (χ4v) is 4.79. The molecule has 0 atom stereocenters. The van der Waals surface area contributed by atoms with Crippen LogP contribution in [0.5, 0.6) is 0 Å². The monoisotopic (exact) mass is 470 g/mol. The molecular formula is C34H62. The van der Waals surface area contributed by atoms with Gasteiger partial charge in [0, 0.05) is 0 Å². The van der Waals surface area contributed by atoms with Crippen molar-refractivity contribution >= 4 is 0 Å². The third kappa shape index (κ3) is 12.8. The average molecular weight is 471 g/mol. The molecule has 0 bridgehead atoms. The summed E-state index contributed by atoms with van der Waals surface area (Å²) in [5.74, 6) is 1.05. The van der Waals surface area contributed by atoms with Crippen LogP contribution in [-0.4, -0.2) is 0 Å². The van der Waals surface area contributed by atoms with E-state index < -0.39 is 0 Å². The lowest BCUT2D eigenvalue weighted by Crippen LogP contribution is -2.13. The zero-order valence-electron chi connectivity index (χ0n) is 25.6. The van der Waals surface area contributed by atoms with Gasteiger partial charge in [0.25, 0.3) is 0 Å². The largest absolute Gasteiger partial charge is 0.0848 e. The van der Waals surface area contributed by atoms with Gasteiger partial charge in [-0.05, 0) is 98.2 Å². The van der Waals surface area contributed by atoms with Gasteiger partial charge in [-0.15, -0.1) is 0 Å². The van der Waals surface area contributed by atoms with E-state index in [1.165, 1.54) is 70.6 Å². The predicted octanol–water partition coefficient (Wildman–Crippen LogP) is 11.9. The summed E-state index contributed by atoms with van der Waals surface area (Å²) >= 11 is 0. The molecule has 0 heteroatoms. The van der Waals surface area contributed by atoms with E-state index >= 15 is 0 Å². The van der Waals surface area contributed by atoms with Crippen LogP contribution in [0.4, 0.5) is 0 Å². The lowest BCUT2D eigenvalue weighted by atomic mass is 9.78. The maximum absolute atomic E-state index is 2.43. The Morgan fingerprint density at radius 2 is 0.853 bits per heavy atom. The molecule has 1 fully saturated rings. The fourth-order valence-electron chi connectivity index (χ4n) is 4.79. The van der Waals surface area contributed by atoms with E-state index in [-0.39, 0.29) is 0 Å². The molecule has 0 aromatic heterocycles. The van der Waals surface area contributed by atoms with Gasteiger partial charge in [-0.3, -0.25) is 0 Å². The van der Waals surface area contributed by atoms with Gasteiger partial charge in [-0.1, -0.05) is 118 Å². The van der Waals surface area contributed by atoms with Crippen molar-refractivity contribution in [2.45, 2.75) is 154 Å². The standard InChI is InChI=1S/C10H18.C9H16.C8H14.C7H14/c1-10(2,3)9-7-5-4-6-8-9;1-9(2,3)8-6-4-5-7-8;1-8(2,3)7-5-4-6-7;1-7(2,3)6-4-5-6/h7H,4-6,8H2,1-3H3;6H,4-5,7H2,1-3H3;5H,4,6H2,1-3H3;6H,4-5H2,1-3H3. The van der Waals surface area contributed by atoms with E-state index in [9.17, 15) is 0 Å². The predicted molar refractivity (Wildman–Crippen MR) is 156 cm³/mol. The second kappa shape index (κ2) is 13.0. The molecule has 0 unspecified atom stereocenters. The summed E-state index contributed by atoms with van der Waals surface area (Å²) in [5.41, 5.74) is 6.90. The molecule has 0 saturated heterocycles. The molecule has 0 radical (unpaired) electrons. The normalized spacial score (nSPS) is 20.6. The summed E-state index contributed by atoms with van der Waals surface area (Å²) in [6.45, 7) is 27.6. The van der Waals surface area contributed by atoms with E-state index in [1.807, 2.05) is 0 Å².